The number of fused-ring (bicyclic) bond motifs is 1. The monoisotopic (exact) mass is 460 g/mol. The minimum atomic E-state index is -0.457. The third-order valence-corrected chi connectivity index (χ3v) is 6.49. The molecule has 2 aliphatic rings. The second-order valence-corrected chi connectivity index (χ2v) is 8.57. The molecule has 3 amide bonds. The Bertz CT molecular complexity index is 1270. The summed E-state index contributed by atoms with van der Waals surface area (Å²) in [5.74, 6) is -0.318. The first-order valence-corrected chi connectivity index (χ1v) is 11.0. The standard InChI is InChI=1S/C25H21ClN4O3/c1-29-14-22(32)30(20-6-3-13-27-24(20)29)16-9-7-15(8-10-16)17-4-2-5-18(23(17)26)19-11-12-21(31)28-25(19)33/h2-10,13,19H,11-12,14H2,1H3,(H,28,31,33). The van der Waals surface area contributed by atoms with Gasteiger partial charge in [-0.3, -0.25) is 24.6 Å². The number of piperidine rings is 1. The van der Waals surface area contributed by atoms with E-state index in [1.165, 1.54) is 0 Å². The van der Waals surface area contributed by atoms with Crippen molar-refractivity contribution in [3.63, 3.8) is 0 Å². The van der Waals surface area contributed by atoms with Crippen molar-refractivity contribution < 1.29 is 14.4 Å². The molecule has 1 N–H and O–H groups in total. The first kappa shape index (κ1) is 21.2. The van der Waals surface area contributed by atoms with Crippen LogP contribution in [0.1, 0.15) is 24.3 Å². The van der Waals surface area contributed by atoms with E-state index < -0.39 is 5.92 Å². The van der Waals surface area contributed by atoms with Crippen LogP contribution in [0.5, 0.6) is 0 Å². The highest BCUT2D eigenvalue weighted by molar-refractivity contribution is 6.34. The van der Waals surface area contributed by atoms with Crippen molar-refractivity contribution >= 4 is 46.5 Å². The Balaban J connectivity index is 1.48. The van der Waals surface area contributed by atoms with E-state index in [9.17, 15) is 14.4 Å². The van der Waals surface area contributed by atoms with Crippen LogP contribution in [0.2, 0.25) is 5.02 Å². The maximum absolute atomic E-state index is 12.8. The molecule has 2 aromatic carbocycles. The molecule has 1 unspecified atom stereocenters. The summed E-state index contributed by atoms with van der Waals surface area (Å²) >= 11 is 6.73. The fourth-order valence-electron chi connectivity index (χ4n) is 4.45. The molecule has 0 aliphatic carbocycles. The molecule has 1 saturated heterocycles. The molecule has 0 bridgehead atoms. The van der Waals surface area contributed by atoms with Gasteiger partial charge in [-0.15, -0.1) is 0 Å². The normalized spacial score (nSPS) is 18.2. The van der Waals surface area contributed by atoms with Crippen LogP contribution < -0.4 is 15.1 Å². The van der Waals surface area contributed by atoms with Crippen molar-refractivity contribution in [2.45, 2.75) is 18.8 Å². The van der Waals surface area contributed by atoms with Crippen LogP contribution in [0.4, 0.5) is 17.2 Å². The van der Waals surface area contributed by atoms with Gasteiger partial charge in [-0.1, -0.05) is 41.9 Å². The number of imide groups is 1. The highest BCUT2D eigenvalue weighted by Crippen LogP contribution is 2.39. The quantitative estimate of drug-likeness (QED) is 0.596. The van der Waals surface area contributed by atoms with Crippen LogP contribution in [0.15, 0.2) is 60.8 Å². The minimum absolute atomic E-state index is 0.0383. The fraction of sp³-hybridized carbons (Fsp3) is 0.200. The molecule has 166 valence electrons. The SMILES string of the molecule is CN1CC(=O)N(c2ccc(-c3cccc(C4CCC(=O)NC4=O)c3Cl)cc2)c2cccnc21. The van der Waals surface area contributed by atoms with E-state index >= 15 is 0 Å². The molecular formula is C25H21ClN4O3. The number of amides is 3. The summed E-state index contributed by atoms with van der Waals surface area (Å²) in [6, 6.07) is 16.9. The van der Waals surface area contributed by atoms with Crippen LogP contribution in [0, 0.1) is 0 Å². The molecule has 0 spiro atoms. The first-order chi connectivity index (χ1) is 15.9. The van der Waals surface area contributed by atoms with Crippen LogP contribution >= 0.6 is 11.6 Å². The van der Waals surface area contributed by atoms with Gasteiger partial charge >= 0.3 is 0 Å². The van der Waals surface area contributed by atoms with Gasteiger partial charge < -0.3 is 4.90 Å². The Hall–Kier alpha value is -3.71. The Kier molecular flexibility index (Phi) is 5.34. The Morgan fingerprint density at radius 3 is 2.58 bits per heavy atom. The van der Waals surface area contributed by atoms with Gasteiger partial charge in [-0.05, 0) is 41.8 Å². The van der Waals surface area contributed by atoms with Crippen molar-refractivity contribution in [2.75, 3.05) is 23.4 Å². The molecule has 33 heavy (non-hydrogen) atoms. The molecule has 8 heteroatoms. The van der Waals surface area contributed by atoms with Crippen LogP contribution in [0.25, 0.3) is 11.1 Å². The van der Waals surface area contributed by atoms with Crippen molar-refractivity contribution in [3.05, 3.63) is 71.4 Å². The van der Waals surface area contributed by atoms with E-state index in [1.54, 1.807) is 11.1 Å². The summed E-state index contributed by atoms with van der Waals surface area (Å²) in [4.78, 5) is 44.6. The highest BCUT2D eigenvalue weighted by Gasteiger charge is 2.31. The van der Waals surface area contributed by atoms with Gasteiger partial charge in [-0.2, -0.15) is 0 Å². The van der Waals surface area contributed by atoms with E-state index in [0.717, 1.165) is 28.3 Å². The van der Waals surface area contributed by atoms with Crippen LogP contribution in [-0.2, 0) is 14.4 Å². The van der Waals surface area contributed by atoms with E-state index in [4.69, 9.17) is 11.6 Å². The third-order valence-electron chi connectivity index (χ3n) is 6.07. The number of hydrogen-bond acceptors (Lipinski definition) is 5. The number of rotatable bonds is 3. The third kappa shape index (κ3) is 3.74. The molecule has 0 saturated carbocycles. The summed E-state index contributed by atoms with van der Waals surface area (Å²) in [7, 11) is 1.85. The van der Waals surface area contributed by atoms with Gasteiger partial charge in [0.1, 0.15) is 0 Å². The number of likely N-dealkylation sites (N-methyl/N-ethyl adjacent to an activating group) is 1. The summed E-state index contributed by atoms with van der Waals surface area (Å²) in [6.07, 6.45) is 2.44. The highest BCUT2D eigenvalue weighted by atomic mass is 35.5. The van der Waals surface area contributed by atoms with Gasteiger partial charge in [-0.25, -0.2) is 4.98 Å². The molecule has 5 rings (SSSR count). The van der Waals surface area contributed by atoms with Crippen molar-refractivity contribution in [3.8, 4) is 11.1 Å². The smallest absolute Gasteiger partial charge is 0.251 e. The van der Waals surface area contributed by atoms with Crippen molar-refractivity contribution in [2.24, 2.45) is 0 Å². The lowest BCUT2D eigenvalue weighted by molar-refractivity contribution is -0.134. The minimum Gasteiger partial charge on any atom is -0.349 e. The predicted octanol–water partition coefficient (Wildman–Crippen LogP) is 4.04. The number of pyridine rings is 1. The van der Waals surface area contributed by atoms with Gasteiger partial charge in [0.25, 0.3) is 5.91 Å². The first-order valence-electron chi connectivity index (χ1n) is 10.7. The molecule has 1 aromatic heterocycles. The largest absolute Gasteiger partial charge is 0.349 e. The average Bonchev–Trinajstić information content (AvgIpc) is 2.80. The number of nitrogens with zero attached hydrogens (tertiary/aromatic N) is 3. The molecule has 3 aromatic rings. The zero-order valence-electron chi connectivity index (χ0n) is 17.9. The van der Waals surface area contributed by atoms with E-state index in [-0.39, 0.29) is 24.3 Å². The number of hydrogen-bond donors (Lipinski definition) is 1. The molecule has 2 aliphatic heterocycles. The van der Waals surface area contributed by atoms with E-state index in [0.29, 0.717) is 23.4 Å². The van der Waals surface area contributed by atoms with Crippen molar-refractivity contribution in [1.29, 1.82) is 0 Å². The lowest BCUT2D eigenvalue weighted by Gasteiger charge is -2.34. The van der Waals surface area contributed by atoms with E-state index in [2.05, 4.69) is 10.3 Å². The molecule has 3 heterocycles. The zero-order valence-corrected chi connectivity index (χ0v) is 18.7. The molecule has 0 radical (unpaired) electrons. The summed E-state index contributed by atoms with van der Waals surface area (Å²) in [5.41, 5.74) is 3.84. The van der Waals surface area contributed by atoms with Gasteiger partial charge in [0.05, 0.1) is 23.2 Å². The van der Waals surface area contributed by atoms with E-state index in [1.807, 2.05) is 66.5 Å². The van der Waals surface area contributed by atoms with Crippen LogP contribution in [0.3, 0.4) is 0 Å². The Labute approximate surface area is 196 Å². The molecular weight excluding hydrogens is 440 g/mol. The number of anilines is 3. The maximum atomic E-state index is 12.8. The molecule has 1 atom stereocenters. The molecule has 7 nitrogen and oxygen atoms in total. The zero-order chi connectivity index (χ0) is 23.1. The number of halogens is 1. The number of carbonyl (C=O) groups excluding carboxylic acids is 3. The molecule has 1 fully saturated rings. The maximum Gasteiger partial charge on any atom is 0.251 e. The van der Waals surface area contributed by atoms with Gasteiger partial charge in [0.2, 0.25) is 11.8 Å². The summed E-state index contributed by atoms with van der Waals surface area (Å²) < 4.78 is 0. The second kappa shape index (κ2) is 8.33. The lowest BCUT2D eigenvalue weighted by Crippen LogP contribution is -2.42. The predicted molar refractivity (Wildman–Crippen MR) is 127 cm³/mol. The number of carbonyl (C=O) groups is 3. The summed E-state index contributed by atoms with van der Waals surface area (Å²) in [5, 5.41) is 2.88. The van der Waals surface area contributed by atoms with Crippen LogP contribution in [-0.4, -0.2) is 36.3 Å². The van der Waals surface area contributed by atoms with Gasteiger partial charge in [0, 0.05) is 30.9 Å². The number of nitrogens with one attached hydrogen (secondary N) is 1. The number of aromatic nitrogens is 1. The van der Waals surface area contributed by atoms with Gasteiger partial charge in [0.15, 0.2) is 5.82 Å². The summed E-state index contributed by atoms with van der Waals surface area (Å²) in [6.45, 7) is 0.242. The number of benzene rings is 2. The fourth-order valence-corrected chi connectivity index (χ4v) is 4.81. The lowest BCUT2D eigenvalue weighted by atomic mass is 9.88. The average molecular weight is 461 g/mol. The van der Waals surface area contributed by atoms with Crippen molar-refractivity contribution in [1.82, 2.24) is 10.3 Å². The Morgan fingerprint density at radius 2 is 1.82 bits per heavy atom. The Morgan fingerprint density at radius 1 is 1.03 bits per heavy atom. The topological polar surface area (TPSA) is 82.6 Å². The second-order valence-electron chi connectivity index (χ2n) is 8.19.